The van der Waals surface area contributed by atoms with Crippen molar-refractivity contribution in [2.75, 3.05) is 5.32 Å². The van der Waals surface area contributed by atoms with E-state index in [-0.39, 0.29) is 5.91 Å². The maximum Gasteiger partial charge on any atom is 0.276 e. The van der Waals surface area contributed by atoms with Gasteiger partial charge in [-0.25, -0.2) is 0 Å². The maximum absolute atomic E-state index is 12.3. The monoisotopic (exact) mass is 309 g/mol. The van der Waals surface area contributed by atoms with Crippen LogP contribution in [0.5, 0.6) is 0 Å². The number of aromatic nitrogens is 2. The van der Waals surface area contributed by atoms with Crippen molar-refractivity contribution in [2.45, 2.75) is 19.3 Å². The third-order valence-electron chi connectivity index (χ3n) is 3.45. The number of hydrogen-bond donors (Lipinski definition) is 1. The van der Waals surface area contributed by atoms with Crippen LogP contribution >= 0.6 is 23.2 Å². The Morgan fingerprint density at radius 3 is 2.65 bits per heavy atom. The van der Waals surface area contributed by atoms with E-state index in [4.69, 9.17) is 23.2 Å². The van der Waals surface area contributed by atoms with Crippen LogP contribution in [-0.4, -0.2) is 15.7 Å². The normalized spacial score (nSPS) is 13.3. The molecule has 2 aromatic rings. The van der Waals surface area contributed by atoms with E-state index in [1.54, 1.807) is 22.9 Å². The lowest BCUT2D eigenvalue weighted by Crippen LogP contribution is -2.14. The number of halogens is 2. The number of hydrogen-bond acceptors (Lipinski definition) is 2. The predicted molar refractivity (Wildman–Crippen MR) is 79.6 cm³/mol. The van der Waals surface area contributed by atoms with Crippen LogP contribution in [0.3, 0.4) is 0 Å². The maximum atomic E-state index is 12.3. The molecule has 0 radical (unpaired) electrons. The number of carbonyl (C=O) groups excluding carboxylic acids is 1. The van der Waals surface area contributed by atoms with Crippen molar-refractivity contribution in [3.63, 3.8) is 0 Å². The van der Waals surface area contributed by atoms with E-state index in [0.29, 0.717) is 21.4 Å². The molecule has 1 aliphatic carbocycles. The van der Waals surface area contributed by atoms with Crippen LogP contribution < -0.4 is 5.32 Å². The second-order valence-electron chi connectivity index (χ2n) is 4.86. The fourth-order valence-electron chi connectivity index (χ4n) is 2.61. The summed E-state index contributed by atoms with van der Waals surface area (Å²) in [5.74, 6) is -0.220. The third-order valence-corrected chi connectivity index (χ3v) is 3.89. The van der Waals surface area contributed by atoms with Crippen molar-refractivity contribution in [3.05, 3.63) is 45.2 Å². The van der Waals surface area contributed by atoms with Gasteiger partial charge in [-0.1, -0.05) is 23.2 Å². The van der Waals surface area contributed by atoms with Gasteiger partial charge < -0.3 is 5.32 Å². The average molecular weight is 310 g/mol. The number of benzene rings is 1. The van der Waals surface area contributed by atoms with Gasteiger partial charge in [0.2, 0.25) is 0 Å². The summed E-state index contributed by atoms with van der Waals surface area (Å²) in [6.07, 6.45) is 2.96. The molecule has 20 heavy (non-hydrogen) atoms. The highest BCUT2D eigenvalue weighted by Gasteiger charge is 2.25. The molecule has 0 unspecified atom stereocenters. The predicted octanol–water partition coefficient (Wildman–Crippen LogP) is 3.47. The minimum atomic E-state index is -0.220. The minimum absolute atomic E-state index is 0.220. The SMILES string of the molecule is Cn1nc(C(=O)Nc2cc(Cl)cc(Cl)c2)c2c1CCC2. The van der Waals surface area contributed by atoms with Crippen LogP contribution in [0.1, 0.15) is 28.2 Å². The van der Waals surface area contributed by atoms with Crippen molar-refractivity contribution in [2.24, 2.45) is 7.05 Å². The Morgan fingerprint density at radius 1 is 1.25 bits per heavy atom. The average Bonchev–Trinajstić information content (AvgIpc) is 2.92. The summed E-state index contributed by atoms with van der Waals surface area (Å²) in [6.45, 7) is 0. The molecule has 4 nitrogen and oxygen atoms in total. The molecular weight excluding hydrogens is 297 g/mol. The molecule has 0 spiro atoms. The van der Waals surface area contributed by atoms with E-state index in [1.165, 1.54) is 0 Å². The Balaban J connectivity index is 1.88. The zero-order chi connectivity index (χ0) is 14.3. The molecular formula is C14H13Cl2N3O. The fraction of sp³-hybridized carbons (Fsp3) is 0.286. The van der Waals surface area contributed by atoms with Crippen molar-refractivity contribution in [1.82, 2.24) is 9.78 Å². The van der Waals surface area contributed by atoms with Crippen LogP contribution in [0.25, 0.3) is 0 Å². The molecule has 1 amide bonds. The Morgan fingerprint density at radius 2 is 1.95 bits per heavy atom. The number of amides is 1. The molecule has 1 heterocycles. The van der Waals surface area contributed by atoms with E-state index in [1.807, 2.05) is 7.05 Å². The van der Waals surface area contributed by atoms with Gasteiger partial charge in [0.05, 0.1) is 0 Å². The van der Waals surface area contributed by atoms with Crippen LogP contribution in [0.2, 0.25) is 10.0 Å². The van der Waals surface area contributed by atoms with Crippen molar-refractivity contribution in [1.29, 1.82) is 0 Å². The van der Waals surface area contributed by atoms with Crippen molar-refractivity contribution in [3.8, 4) is 0 Å². The van der Waals surface area contributed by atoms with E-state index in [9.17, 15) is 4.79 Å². The highest BCUT2D eigenvalue weighted by atomic mass is 35.5. The second-order valence-corrected chi connectivity index (χ2v) is 5.74. The van der Waals surface area contributed by atoms with E-state index in [2.05, 4.69) is 10.4 Å². The van der Waals surface area contributed by atoms with E-state index >= 15 is 0 Å². The molecule has 1 aromatic carbocycles. The van der Waals surface area contributed by atoms with Crippen molar-refractivity contribution >= 4 is 34.8 Å². The number of fused-ring (bicyclic) bond motifs is 1. The molecule has 0 aliphatic heterocycles. The number of nitrogens with one attached hydrogen (secondary N) is 1. The van der Waals surface area contributed by atoms with Gasteiger partial charge in [-0.05, 0) is 37.5 Å². The summed E-state index contributed by atoms with van der Waals surface area (Å²) in [5, 5.41) is 8.08. The lowest BCUT2D eigenvalue weighted by atomic mass is 10.2. The standard InChI is InChI=1S/C14H13Cl2N3O/c1-19-12-4-2-3-11(12)13(18-19)14(20)17-10-6-8(15)5-9(16)7-10/h5-7H,2-4H2,1H3,(H,17,20). The molecule has 6 heteroatoms. The number of carbonyl (C=O) groups is 1. The molecule has 0 bridgehead atoms. The van der Waals surface area contributed by atoms with Gasteiger partial charge in [-0.3, -0.25) is 9.48 Å². The summed E-state index contributed by atoms with van der Waals surface area (Å²) in [4.78, 5) is 12.3. The van der Waals surface area contributed by atoms with Gasteiger partial charge >= 0.3 is 0 Å². The smallest absolute Gasteiger partial charge is 0.276 e. The zero-order valence-electron chi connectivity index (χ0n) is 10.9. The van der Waals surface area contributed by atoms with Crippen LogP contribution in [0, 0.1) is 0 Å². The molecule has 3 rings (SSSR count). The molecule has 1 N–H and O–H groups in total. The van der Waals surface area contributed by atoms with Crippen LogP contribution in [-0.2, 0) is 19.9 Å². The van der Waals surface area contributed by atoms with Gasteiger partial charge in [-0.15, -0.1) is 0 Å². The largest absolute Gasteiger partial charge is 0.320 e. The first-order chi connectivity index (χ1) is 9.54. The molecule has 0 saturated heterocycles. The molecule has 1 aromatic heterocycles. The Labute approximate surface area is 126 Å². The second kappa shape index (κ2) is 5.11. The quantitative estimate of drug-likeness (QED) is 0.923. The Hall–Kier alpha value is -1.52. The van der Waals surface area contributed by atoms with Crippen LogP contribution in [0.4, 0.5) is 5.69 Å². The number of nitrogens with zero attached hydrogens (tertiary/aromatic N) is 2. The molecule has 1 aliphatic rings. The highest BCUT2D eigenvalue weighted by molar-refractivity contribution is 6.35. The van der Waals surface area contributed by atoms with Crippen LogP contribution in [0.15, 0.2) is 18.2 Å². The lowest BCUT2D eigenvalue weighted by Gasteiger charge is -2.05. The Bertz CT molecular complexity index is 674. The minimum Gasteiger partial charge on any atom is -0.320 e. The number of aryl methyl sites for hydroxylation is 1. The third kappa shape index (κ3) is 2.41. The lowest BCUT2D eigenvalue weighted by molar-refractivity contribution is 0.102. The summed E-state index contributed by atoms with van der Waals surface area (Å²) in [6, 6.07) is 4.94. The Kier molecular flexibility index (Phi) is 3.44. The molecule has 0 atom stereocenters. The van der Waals surface area contributed by atoms with Gasteiger partial charge in [0, 0.05) is 34.0 Å². The summed E-state index contributed by atoms with van der Waals surface area (Å²) < 4.78 is 1.79. The van der Waals surface area contributed by atoms with Crippen molar-refractivity contribution < 1.29 is 4.79 Å². The van der Waals surface area contributed by atoms with Gasteiger partial charge in [-0.2, -0.15) is 5.10 Å². The summed E-state index contributed by atoms with van der Waals surface area (Å²) in [7, 11) is 1.87. The first-order valence-corrected chi connectivity index (χ1v) is 7.12. The van der Waals surface area contributed by atoms with E-state index in [0.717, 1.165) is 30.5 Å². The van der Waals surface area contributed by atoms with Gasteiger partial charge in [0.1, 0.15) is 0 Å². The van der Waals surface area contributed by atoms with Gasteiger partial charge in [0.25, 0.3) is 5.91 Å². The highest BCUT2D eigenvalue weighted by Crippen LogP contribution is 2.26. The topological polar surface area (TPSA) is 46.9 Å². The summed E-state index contributed by atoms with van der Waals surface area (Å²) >= 11 is 11.8. The van der Waals surface area contributed by atoms with Gasteiger partial charge in [0.15, 0.2) is 5.69 Å². The first-order valence-electron chi connectivity index (χ1n) is 6.37. The fourth-order valence-corrected chi connectivity index (χ4v) is 3.14. The molecule has 0 fully saturated rings. The summed E-state index contributed by atoms with van der Waals surface area (Å²) in [5.41, 5.74) is 3.28. The molecule has 104 valence electrons. The van der Waals surface area contributed by atoms with E-state index < -0.39 is 0 Å². The number of anilines is 1. The first kappa shape index (κ1) is 13.5. The number of rotatable bonds is 2. The molecule has 0 saturated carbocycles. The zero-order valence-corrected chi connectivity index (χ0v) is 12.4.